The van der Waals surface area contributed by atoms with Crippen molar-refractivity contribution in [3.63, 3.8) is 0 Å². The molecular formula is C18H27N3O. The molecule has 1 heterocycles. The first-order valence-corrected chi connectivity index (χ1v) is 8.60. The molecule has 0 radical (unpaired) electrons. The van der Waals surface area contributed by atoms with E-state index in [9.17, 15) is 0 Å². The first-order chi connectivity index (χ1) is 10.8. The Bertz CT molecular complexity index is 607. The van der Waals surface area contributed by atoms with Gasteiger partial charge in [-0.2, -0.15) is 5.10 Å². The molecule has 22 heavy (non-hydrogen) atoms. The number of fused-ring (bicyclic) bond motifs is 1. The molecule has 0 bridgehead atoms. The van der Waals surface area contributed by atoms with Crippen molar-refractivity contribution in [2.75, 3.05) is 6.54 Å². The molecule has 1 aliphatic carbocycles. The third kappa shape index (κ3) is 3.43. The van der Waals surface area contributed by atoms with Crippen LogP contribution in [-0.4, -0.2) is 28.9 Å². The minimum atomic E-state index is 0.330. The largest absolute Gasteiger partial charge is 0.490 e. The Morgan fingerprint density at radius 3 is 3.14 bits per heavy atom. The van der Waals surface area contributed by atoms with Gasteiger partial charge >= 0.3 is 0 Å². The summed E-state index contributed by atoms with van der Waals surface area (Å²) >= 11 is 0. The summed E-state index contributed by atoms with van der Waals surface area (Å²) in [6, 6.07) is 4.75. The molecule has 0 saturated heterocycles. The molecule has 0 amide bonds. The minimum absolute atomic E-state index is 0.330. The van der Waals surface area contributed by atoms with E-state index in [1.807, 2.05) is 6.20 Å². The summed E-state index contributed by atoms with van der Waals surface area (Å²) in [5.41, 5.74) is 2.26. The van der Waals surface area contributed by atoms with Gasteiger partial charge in [0.15, 0.2) is 0 Å². The van der Waals surface area contributed by atoms with Gasteiger partial charge in [-0.05, 0) is 57.7 Å². The van der Waals surface area contributed by atoms with E-state index < -0.39 is 0 Å². The molecule has 1 aromatic heterocycles. The van der Waals surface area contributed by atoms with E-state index in [0.29, 0.717) is 12.1 Å². The van der Waals surface area contributed by atoms with E-state index >= 15 is 0 Å². The Kier molecular flexibility index (Phi) is 4.98. The molecule has 2 atom stereocenters. The summed E-state index contributed by atoms with van der Waals surface area (Å²) in [5.74, 6) is 1.01. The number of benzene rings is 1. The summed E-state index contributed by atoms with van der Waals surface area (Å²) in [7, 11) is 0. The lowest BCUT2D eigenvalue weighted by atomic mass is 9.92. The van der Waals surface area contributed by atoms with Gasteiger partial charge in [0.05, 0.1) is 11.7 Å². The van der Waals surface area contributed by atoms with Crippen molar-refractivity contribution in [2.24, 2.45) is 0 Å². The highest BCUT2D eigenvalue weighted by atomic mass is 16.5. The maximum absolute atomic E-state index is 6.32. The van der Waals surface area contributed by atoms with Gasteiger partial charge in [-0.15, -0.1) is 0 Å². The van der Waals surface area contributed by atoms with Gasteiger partial charge in [-0.3, -0.25) is 5.10 Å². The standard InChI is InChI=1S/C18H27N3O/c1-3-4-10-19-14-6-5-7-15(11-14)22-18-9-8-17-16(13(18)2)12-20-21-17/h8-9,12,14-15,19H,3-7,10-11H2,1-2H3,(H,20,21)/t14-,15+/m1/s1. The SMILES string of the molecule is CCCCN[C@@H]1CCC[C@H](Oc2ccc3[nH]ncc3c2C)C1. The average molecular weight is 301 g/mol. The summed E-state index contributed by atoms with van der Waals surface area (Å²) < 4.78 is 6.32. The lowest BCUT2D eigenvalue weighted by Gasteiger charge is -2.30. The Balaban J connectivity index is 1.62. The molecule has 2 N–H and O–H groups in total. The van der Waals surface area contributed by atoms with Crippen molar-refractivity contribution in [1.29, 1.82) is 0 Å². The summed E-state index contributed by atoms with van der Waals surface area (Å²) in [4.78, 5) is 0. The molecule has 1 fully saturated rings. The fraction of sp³-hybridized carbons (Fsp3) is 0.611. The topological polar surface area (TPSA) is 49.9 Å². The van der Waals surface area contributed by atoms with Crippen LogP contribution < -0.4 is 10.1 Å². The second kappa shape index (κ2) is 7.14. The van der Waals surface area contributed by atoms with Crippen LogP contribution in [0.25, 0.3) is 10.9 Å². The number of rotatable bonds is 6. The predicted octanol–water partition coefficient (Wildman–Crippen LogP) is 3.95. The van der Waals surface area contributed by atoms with E-state index in [2.05, 4.69) is 41.5 Å². The fourth-order valence-electron chi connectivity index (χ4n) is 3.37. The Hall–Kier alpha value is -1.55. The van der Waals surface area contributed by atoms with Gasteiger partial charge in [0, 0.05) is 17.0 Å². The molecule has 2 aromatic rings. The zero-order valence-corrected chi connectivity index (χ0v) is 13.7. The number of ether oxygens (including phenoxy) is 1. The number of hydrogen-bond donors (Lipinski definition) is 2. The van der Waals surface area contributed by atoms with Crippen molar-refractivity contribution in [1.82, 2.24) is 15.5 Å². The van der Waals surface area contributed by atoms with Crippen molar-refractivity contribution in [3.8, 4) is 5.75 Å². The molecule has 1 aliphatic rings. The highest BCUT2D eigenvalue weighted by Crippen LogP contribution is 2.30. The number of aromatic amines is 1. The lowest BCUT2D eigenvalue weighted by molar-refractivity contribution is 0.134. The van der Waals surface area contributed by atoms with E-state index in [1.165, 1.54) is 31.2 Å². The van der Waals surface area contributed by atoms with Crippen molar-refractivity contribution < 1.29 is 4.74 Å². The molecule has 4 heteroatoms. The van der Waals surface area contributed by atoms with Gasteiger partial charge in [0.25, 0.3) is 0 Å². The van der Waals surface area contributed by atoms with Crippen LogP contribution in [0.5, 0.6) is 5.75 Å². The number of H-pyrrole nitrogens is 1. The fourth-order valence-corrected chi connectivity index (χ4v) is 3.37. The molecular weight excluding hydrogens is 274 g/mol. The zero-order valence-electron chi connectivity index (χ0n) is 13.7. The van der Waals surface area contributed by atoms with E-state index in [4.69, 9.17) is 4.74 Å². The van der Waals surface area contributed by atoms with Crippen LogP contribution in [0.4, 0.5) is 0 Å². The van der Waals surface area contributed by atoms with Crippen molar-refractivity contribution >= 4 is 10.9 Å². The van der Waals surface area contributed by atoms with Gasteiger partial charge in [0.1, 0.15) is 11.9 Å². The second-order valence-electron chi connectivity index (χ2n) is 6.43. The van der Waals surface area contributed by atoms with Crippen LogP contribution in [-0.2, 0) is 0 Å². The summed E-state index contributed by atoms with van der Waals surface area (Å²) in [6.45, 7) is 5.49. The molecule has 0 unspecified atom stereocenters. The van der Waals surface area contributed by atoms with Crippen molar-refractivity contribution in [3.05, 3.63) is 23.9 Å². The Labute approximate surface area is 132 Å². The van der Waals surface area contributed by atoms with Gasteiger partial charge in [0.2, 0.25) is 0 Å². The summed E-state index contributed by atoms with van der Waals surface area (Å²) in [5, 5.41) is 12.0. The second-order valence-corrected chi connectivity index (χ2v) is 6.43. The Morgan fingerprint density at radius 2 is 2.27 bits per heavy atom. The van der Waals surface area contributed by atoms with Gasteiger partial charge in [-0.1, -0.05) is 13.3 Å². The molecule has 1 saturated carbocycles. The highest BCUT2D eigenvalue weighted by Gasteiger charge is 2.23. The van der Waals surface area contributed by atoms with Crippen LogP contribution in [0.2, 0.25) is 0 Å². The first kappa shape index (κ1) is 15.3. The Morgan fingerprint density at radius 1 is 1.36 bits per heavy atom. The van der Waals surface area contributed by atoms with Crippen LogP contribution >= 0.6 is 0 Å². The molecule has 120 valence electrons. The number of nitrogens with one attached hydrogen (secondary N) is 2. The average Bonchev–Trinajstić information content (AvgIpc) is 3.00. The number of nitrogens with zero attached hydrogens (tertiary/aromatic N) is 1. The number of hydrogen-bond acceptors (Lipinski definition) is 3. The normalized spacial score (nSPS) is 22.1. The van der Waals surface area contributed by atoms with E-state index in [0.717, 1.165) is 36.0 Å². The molecule has 0 aliphatic heterocycles. The number of aryl methyl sites for hydroxylation is 1. The van der Waals surface area contributed by atoms with Crippen molar-refractivity contribution in [2.45, 2.75) is 64.5 Å². The van der Waals surface area contributed by atoms with Crippen LogP contribution in [0, 0.1) is 6.92 Å². The lowest BCUT2D eigenvalue weighted by Crippen LogP contribution is -2.38. The molecule has 0 spiro atoms. The number of aromatic nitrogens is 2. The molecule has 1 aromatic carbocycles. The highest BCUT2D eigenvalue weighted by molar-refractivity contribution is 5.83. The number of unbranched alkanes of at least 4 members (excludes halogenated alkanes) is 1. The van der Waals surface area contributed by atoms with E-state index in [1.54, 1.807) is 0 Å². The molecule has 4 nitrogen and oxygen atoms in total. The first-order valence-electron chi connectivity index (χ1n) is 8.60. The van der Waals surface area contributed by atoms with Gasteiger partial charge < -0.3 is 10.1 Å². The van der Waals surface area contributed by atoms with Crippen LogP contribution in [0.3, 0.4) is 0 Å². The van der Waals surface area contributed by atoms with Crippen LogP contribution in [0.1, 0.15) is 51.0 Å². The monoisotopic (exact) mass is 301 g/mol. The minimum Gasteiger partial charge on any atom is -0.490 e. The maximum atomic E-state index is 6.32. The third-order valence-electron chi connectivity index (χ3n) is 4.73. The molecule has 3 rings (SSSR count). The van der Waals surface area contributed by atoms with Crippen LogP contribution in [0.15, 0.2) is 18.3 Å². The zero-order chi connectivity index (χ0) is 15.4. The maximum Gasteiger partial charge on any atom is 0.123 e. The predicted molar refractivity (Wildman–Crippen MR) is 90.4 cm³/mol. The smallest absolute Gasteiger partial charge is 0.123 e. The van der Waals surface area contributed by atoms with E-state index in [-0.39, 0.29) is 0 Å². The summed E-state index contributed by atoms with van der Waals surface area (Å²) in [6.07, 6.45) is 9.54. The quantitative estimate of drug-likeness (QED) is 0.794. The van der Waals surface area contributed by atoms with Gasteiger partial charge in [-0.25, -0.2) is 0 Å². The third-order valence-corrected chi connectivity index (χ3v) is 4.73.